The molecule has 4 fully saturated rings. The van der Waals surface area contributed by atoms with Gasteiger partial charge in [0, 0.05) is 12.3 Å². The van der Waals surface area contributed by atoms with Crippen molar-refractivity contribution in [1.82, 2.24) is 4.90 Å². The molecule has 2 nitrogen and oxygen atoms in total. The van der Waals surface area contributed by atoms with Crippen LogP contribution in [0, 0.1) is 5.92 Å². The number of thioether (sulfide) groups is 1. The zero-order valence-electron chi connectivity index (χ0n) is 8.87. The second-order valence-corrected chi connectivity index (χ2v) is 6.25. The van der Waals surface area contributed by atoms with Gasteiger partial charge in [0.2, 0.25) is 0 Å². The third-order valence-electron chi connectivity index (χ3n) is 4.02. The minimum atomic E-state index is 0.235. The van der Waals surface area contributed by atoms with Crippen molar-refractivity contribution in [2.45, 2.75) is 37.2 Å². The number of rotatable bonds is 0. The molecule has 80 valence electrons. The summed E-state index contributed by atoms with van der Waals surface area (Å²) in [5, 5.41) is 0. The fraction of sp³-hybridized carbons (Fsp3) is 1.00. The van der Waals surface area contributed by atoms with E-state index in [1.165, 1.54) is 44.6 Å². The summed E-state index contributed by atoms with van der Waals surface area (Å²) in [6.45, 7) is 6.03. The average molecular weight is 213 g/mol. The molecule has 0 radical (unpaired) electrons. The van der Waals surface area contributed by atoms with E-state index < -0.39 is 0 Å². The Balaban J connectivity index is 1.85. The van der Waals surface area contributed by atoms with Crippen molar-refractivity contribution in [2.24, 2.45) is 5.92 Å². The first-order valence-corrected chi connectivity index (χ1v) is 6.85. The van der Waals surface area contributed by atoms with Crippen LogP contribution in [-0.4, -0.2) is 41.3 Å². The van der Waals surface area contributed by atoms with E-state index in [2.05, 4.69) is 11.8 Å². The van der Waals surface area contributed by atoms with E-state index in [1.807, 2.05) is 11.8 Å². The molecule has 4 rings (SSSR count). The van der Waals surface area contributed by atoms with Gasteiger partial charge in [-0.15, -0.1) is 11.8 Å². The van der Waals surface area contributed by atoms with Crippen LogP contribution in [0.1, 0.15) is 26.2 Å². The van der Waals surface area contributed by atoms with Crippen LogP contribution >= 0.6 is 11.8 Å². The van der Waals surface area contributed by atoms with Gasteiger partial charge in [-0.1, -0.05) is 0 Å². The minimum absolute atomic E-state index is 0.235. The fourth-order valence-electron chi connectivity index (χ4n) is 3.30. The van der Waals surface area contributed by atoms with E-state index in [0.29, 0.717) is 5.44 Å². The summed E-state index contributed by atoms with van der Waals surface area (Å²) in [5.74, 6) is 2.08. The Kier molecular flexibility index (Phi) is 2.30. The van der Waals surface area contributed by atoms with Gasteiger partial charge in [0.1, 0.15) is 5.44 Å². The summed E-state index contributed by atoms with van der Waals surface area (Å²) < 4.78 is 6.22. The standard InChI is InChI=1S/C11H19NOS/c1-9-13-11(8-14-9)7-12-5-2-3-10(11)4-6-12/h9-10H,2-8H2,1H3/t9-,10?,11-/m1/s1. The topological polar surface area (TPSA) is 12.5 Å². The molecule has 3 heteroatoms. The molecule has 2 bridgehead atoms. The summed E-state index contributed by atoms with van der Waals surface area (Å²) >= 11 is 2.00. The van der Waals surface area contributed by atoms with Gasteiger partial charge in [-0.2, -0.15) is 0 Å². The maximum atomic E-state index is 6.22. The summed E-state index contributed by atoms with van der Waals surface area (Å²) in [7, 11) is 0. The maximum Gasteiger partial charge on any atom is 0.101 e. The molecule has 4 aliphatic heterocycles. The Morgan fingerprint density at radius 1 is 1.36 bits per heavy atom. The largest absolute Gasteiger partial charge is 0.359 e. The molecule has 0 saturated carbocycles. The van der Waals surface area contributed by atoms with E-state index in [4.69, 9.17) is 4.74 Å². The van der Waals surface area contributed by atoms with E-state index in [1.54, 1.807) is 0 Å². The Morgan fingerprint density at radius 2 is 2.29 bits per heavy atom. The first-order valence-electron chi connectivity index (χ1n) is 5.80. The molecule has 14 heavy (non-hydrogen) atoms. The third-order valence-corrected chi connectivity index (χ3v) is 5.24. The second kappa shape index (κ2) is 3.39. The average Bonchev–Trinajstić information content (AvgIpc) is 2.41. The molecule has 0 N–H and O–H groups in total. The lowest BCUT2D eigenvalue weighted by atomic mass is 9.81. The molecule has 4 aliphatic rings. The molecule has 4 atom stereocenters. The zero-order valence-corrected chi connectivity index (χ0v) is 9.68. The highest BCUT2D eigenvalue weighted by Gasteiger charge is 2.49. The SMILES string of the molecule is C[C@@H]1O[C@@]2(CS1)CN1CCCC2CC1. The summed E-state index contributed by atoms with van der Waals surface area (Å²) in [6, 6.07) is 0. The van der Waals surface area contributed by atoms with Crippen molar-refractivity contribution in [3.63, 3.8) is 0 Å². The lowest BCUT2D eigenvalue weighted by Gasteiger charge is -2.42. The van der Waals surface area contributed by atoms with Gasteiger partial charge in [0.25, 0.3) is 0 Å². The van der Waals surface area contributed by atoms with Crippen LogP contribution in [0.15, 0.2) is 0 Å². The normalized spacial score (nSPS) is 52.5. The van der Waals surface area contributed by atoms with Crippen molar-refractivity contribution in [3.8, 4) is 0 Å². The molecule has 0 aliphatic carbocycles. The number of hydrogen-bond acceptors (Lipinski definition) is 3. The van der Waals surface area contributed by atoms with Gasteiger partial charge < -0.3 is 9.64 Å². The highest BCUT2D eigenvalue weighted by Crippen LogP contribution is 2.45. The predicted molar refractivity (Wildman–Crippen MR) is 59.5 cm³/mol. The Hall–Kier alpha value is 0.270. The molecule has 2 unspecified atom stereocenters. The lowest BCUT2D eigenvalue weighted by Crippen LogP contribution is -2.53. The van der Waals surface area contributed by atoms with Crippen molar-refractivity contribution in [1.29, 1.82) is 0 Å². The molecule has 0 amide bonds. The second-order valence-electron chi connectivity index (χ2n) is 4.97. The zero-order chi connectivity index (χ0) is 9.60. The number of fused-ring (bicyclic) bond motifs is 3. The van der Waals surface area contributed by atoms with E-state index >= 15 is 0 Å². The van der Waals surface area contributed by atoms with E-state index in [-0.39, 0.29) is 5.60 Å². The van der Waals surface area contributed by atoms with Crippen LogP contribution in [0.25, 0.3) is 0 Å². The van der Waals surface area contributed by atoms with Gasteiger partial charge in [-0.05, 0) is 45.2 Å². The van der Waals surface area contributed by atoms with Crippen LogP contribution in [-0.2, 0) is 4.74 Å². The molecular weight excluding hydrogens is 194 g/mol. The summed E-state index contributed by atoms with van der Waals surface area (Å²) in [6.07, 6.45) is 4.14. The van der Waals surface area contributed by atoms with Gasteiger partial charge in [0.15, 0.2) is 0 Å². The minimum Gasteiger partial charge on any atom is -0.359 e. The molecule has 0 aromatic carbocycles. The molecule has 1 spiro atoms. The van der Waals surface area contributed by atoms with Gasteiger partial charge >= 0.3 is 0 Å². The summed E-state index contributed by atoms with van der Waals surface area (Å²) in [5.41, 5.74) is 0.661. The monoisotopic (exact) mass is 213 g/mol. The van der Waals surface area contributed by atoms with E-state index in [0.717, 1.165) is 5.92 Å². The molecule has 0 aromatic heterocycles. The highest BCUT2D eigenvalue weighted by atomic mass is 32.2. The van der Waals surface area contributed by atoms with Gasteiger partial charge in [0.05, 0.1) is 5.60 Å². The molecular formula is C11H19NOS. The van der Waals surface area contributed by atoms with Crippen molar-refractivity contribution in [3.05, 3.63) is 0 Å². The van der Waals surface area contributed by atoms with Crippen LogP contribution in [0.2, 0.25) is 0 Å². The van der Waals surface area contributed by atoms with Crippen LogP contribution in [0.5, 0.6) is 0 Å². The fourth-order valence-corrected chi connectivity index (χ4v) is 4.47. The van der Waals surface area contributed by atoms with Crippen molar-refractivity contribution >= 4 is 11.8 Å². The number of nitrogens with zero attached hydrogens (tertiary/aromatic N) is 1. The third kappa shape index (κ3) is 1.41. The molecule has 4 heterocycles. The van der Waals surface area contributed by atoms with Crippen molar-refractivity contribution in [2.75, 3.05) is 25.4 Å². The maximum absolute atomic E-state index is 6.22. The number of hydrogen-bond donors (Lipinski definition) is 0. The van der Waals surface area contributed by atoms with Gasteiger partial charge in [-0.25, -0.2) is 0 Å². The quantitative estimate of drug-likeness (QED) is 0.610. The summed E-state index contributed by atoms with van der Waals surface area (Å²) in [4.78, 5) is 2.61. The first kappa shape index (κ1) is 9.49. The lowest BCUT2D eigenvalue weighted by molar-refractivity contribution is -0.0964. The van der Waals surface area contributed by atoms with Crippen LogP contribution < -0.4 is 0 Å². The first-order chi connectivity index (χ1) is 6.78. The Bertz CT molecular complexity index is 231. The highest BCUT2D eigenvalue weighted by molar-refractivity contribution is 8.00. The number of piperidine rings is 1. The molecule has 4 saturated heterocycles. The van der Waals surface area contributed by atoms with E-state index in [9.17, 15) is 0 Å². The molecule has 0 aromatic rings. The van der Waals surface area contributed by atoms with Crippen LogP contribution in [0.3, 0.4) is 0 Å². The number of ether oxygens (including phenoxy) is 1. The van der Waals surface area contributed by atoms with Gasteiger partial charge in [-0.3, -0.25) is 0 Å². The van der Waals surface area contributed by atoms with Crippen molar-refractivity contribution < 1.29 is 4.74 Å². The predicted octanol–water partition coefficient (Wildman–Crippen LogP) is 1.95. The van der Waals surface area contributed by atoms with Crippen LogP contribution in [0.4, 0.5) is 0 Å². The Morgan fingerprint density at radius 3 is 3.07 bits per heavy atom. The smallest absolute Gasteiger partial charge is 0.101 e. The Labute approximate surface area is 90.4 Å².